The molecular weight excluding hydrogens is 288 g/mol. The van der Waals surface area contributed by atoms with Gasteiger partial charge >= 0.3 is 0 Å². The maximum absolute atomic E-state index is 12.8. The molecule has 1 fully saturated rings. The fraction of sp³-hybridized carbons (Fsp3) is 0.786. The molecule has 0 aliphatic heterocycles. The van der Waals surface area contributed by atoms with Crippen molar-refractivity contribution >= 4 is 10.0 Å². The number of rotatable bonds is 7. The minimum absolute atomic E-state index is 0.114. The summed E-state index contributed by atoms with van der Waals surface area (Å²) in [6, 6.07) is 0.114. The molecule has 2 N–H and O–H groups in total. The lowest BCUT2D eigenvalue weighted by Crippen LogP contribution is -2.36. The number of aromatic nitrogens is 2. The van der Waals surface area contributed by atoms with Crippen molar-refractivity contribution in [1.82, 2.24) is 19.8 Å². The second-order valence-corrected chi connectivity index (χ2v) is 7.68. The van der Waals surface area contributed by atoms with E-state index < -0.39 is 10.0 Å². The highest BCUT2D eigenvalue weighted by Crippen LogP contribution is 2.28. The Hall–Kier alpha value is -0.920. The topological polar surface area (TPSA) is 78.1 Å². The Kier molecular flexibility index (Phi) is 5.40. The number of hydrogen-bond donors (Lipinski definition) is 2. The Morgan fingerprint density at radius 3 is 2.67 bits per heavy atom. The van der Waals surface area contributed by atoms with Gasteiger partial charge in [-0.3, -0.25) is 5.10 Å². The lowest BCUT2D eigenvalue weighted by molar-refractivity contribution is 0.371. The first-order valence-electron chi connectivity index (χ1n) is 7.71. The van der Waals surface area contributed by atoms with Crippen LogP contribution in [0.4, 0.5) is 0 Å². The monoisotopic (exact) mass is 314 g/mol. The Labute approximate surface area is 127 Å². The Morgan fingerprint density at radius 1 is 1.38 bits per heavy atom. The van der Waals surface area contributed by atoms with Gasteiger partial charge in [-0.1, -0.05) is 19.8 Å². The summed E-state index contributed by atoms with van der Waals surface area (Å²) in [5.41, 5.74) is 1.57. The van der Waals surface area contributed by atoms with Crippen LogP contribution in [-0.2, 0) is 16.6 Å². The van der Waals surface area contributed by atoms with Crippen LogP contribution in [0.2, 0.25) is 0 Å². The van der Waals surface area contributed by atoms with Crippen molar-refractivity contribution in [2.75, 3.05) is 13.6 Å². The molecule has 0 atom stereocenters. The van der Waals surface area contributed by atoms with Crippen LogP contribution in [0.15, 0.2) is 5.03 Å². The van der Waals surface area contributed by atoms with Gasteiger partial charge in [0.25, 0.3) is 10.0 Å². The summed E-state index contributed by atoms with van der Waals surface area (Å²) in [4.78, 5) is 0. The van der Waals surface area contributed by atoms with Gasteiger partial charge in [0, 0.05) is 30.9 Å². The second kappa shape index (κ2) is 6.89. The summed E-state index contributed by atoms with van der Waals surface area (Å²) in [5.74, 6) is 0. The molecule has 1 saturated carbocycles. The van der Waals surface area contributed by atoms with Gasteiger partial charge in [0.1, 0.15) is 0 Å². The zero-order valence-electron chi connectivity index (χ0n) is 13.1. The first-order chi connectivity index (χ1) is 9.98. The fourth-order valence-corrected chi connectivity index (χ4v) is 4.42. The van der Waals surface area contributed by atoms with E-state index in [2.05, 4.69) is 22.4 Å². The number of H-pyrrole nitrogens is 1. The van der Waals surface area contributed by atoms with E-state index in [4.69, 9.17) is 0 Å². The molecule has 1 aliphatic rings. The fourth-order valence-electron chi connectivity index (χ4n) is 2.84. The van der Waals surface area contributed by atoms with Crippen LogP contribution in [-0.4, -0.2) is 42.6 Å². The summed E-state index contributed by atoms with van der Waals surface area (Å²) in [5, 5.41) is 10.3. The second-order valence-electron chi connectivity index (χ2n) is 5.77. The molecule has 0 unspecified atom stereocenters. The number of aryl methyl sites for hydroxylation is 1. The average molecular weight is 314 g/mol. The summed E-state index contributed by atoms with van der Waals surface area (Å²) < 4.78 is 27.1. The zero-order chi connectivity index (χ0) is 15.5. The molecule has 6 nitrogen and oxygen atoms in total. The lowest BCUT2D eigenvalue weighted by atomic mass is 10.2. The van der Waals surface area contributed by atoms with Crippen LogP contribution in [0, 0.1) is 6.92 Å². The molecule has 0 amide bonds. The Balaban J connectivity index is 2.23. The molecule has 1 heterocycles. The van der Waals surface area contributed by atoms with E-state index in [0.29, 0.717) is 6.54 Å². The summed E-state index contributed by atoms with van der Waals surface area (Å²) >= 11 is 0. The average Bonchev–Trinajstić information content (AvgIpc) is 3.09. The van der Waals surface area contributed by atoms with Gasteiger partial charge in [-0.2, -0.15) is 9.40 Å². The molecule has 1 aromatic heterocycles. The number of nitrogens with one attached hydrogen (secondary N) is 2. The van der Waals surface area contributed by atoms with Crippen LogP contribution in [0.1, 0.15) is 50.3 Å². The molecule has 21 heavy (non-hydrogen) atoms. The molecule has 7 heteroatoms. The Bertz CT molecular complexity index is 562. The molecular formula is C14H26N4O2S. The molecule has 0 aromatic carbocycles. The van der Waals surface area contributed by atoms with Crippen LogP contribution in [0.5, 0.6) is 0 Å². The van der Waals surface area contributed by atoms with E-state index in [-0.39, 0.29) is 11.1 Å². The summed E-state index contributed by atoms with van der Waals surface area (Å²) in [7, 11) is -1.84. The van der Waals surface area contributed by atoms with Crippen molar-refractivity contribution in [3.63, 3.8) is 0 Å². The van der Waals surface area contributed by atoms with Crippen LogP contribution < -0.4 is 5.32 Å². The van der Waals surface area contributed by atoms with E-state index >= 15 is 0 Å². The standard InChI is InChI=1S/C14H26N4O2S/c1-4-9-15-10-13-11(2)16-17-14(13)21(19,20)18(3)12-7-5-6-8-12/h12,15H,4-10H2,1-3H3,(H,16,17). The molecule has 1 aliphatic carbocycles. The zero-order valence-corrected chi connectivity index (χ0v) is 14.0. The molecule has 0 spiro atoms. The summed E-state index contributed by atoms with van der Waals surface area (Å²) in [6.07, 6.45) is 5.12. The van der Waals surface area contributed by atoms with Crippen molar-refractivity contribution in [1.29, 1.82) is 0 Å². The number of aromatic amines is 1. The van der Waals surface area contributed by atoms with Crippen molar-refractivity contribution in [2.45, 2.75) is 63.6 Å². The summed E-state index contributed by atoms with van der Waals surface area (Å²) in [6.45, 7) is 5.34. The third kappa shape index (κ3) is 3.46. The van der Waals surface area contributed by atoms with Gasteiger partial charge in [-0.15, -0.1) is 0 Å². The van der Waals surface area contributed by atoms with Gasteiger partial charge in [-0.05, 0) is 32.7 Å². The van der Waals surface area contributed by atoms with Crippen molar-refractivity contribution in [2.24, 2.45) is 0 Å². The van der Waals surface area contributed by atoms with Crippen LogP contribution >= 0.6 is 0 Å². The largest absolute Gasteiger partial charge is 0.313 e. The molecule has 0 radical (unpaired) electrons. The number of sulfonamides is 1. The molecule has 2 rings (SSSR count). The highest BCUT2D eigenvalue weighted by Gasteiger charge is 2.33. The molecule has 0 saturated heterocycles. The predicted molar refractivity (Wildman–Crippen MR) is 82.5 cm³/mol. The highest BCUT2D eigenvalue weighted by molar-refractivity contribution is 7.89. The first kappa shape index (κ1) is 16.5. The maximum atomic E-state index is 12.8. The minimum Gasteiger partial charge on any atom is -0.313 e. The normalized spacial score (nSPS) is 17.0. The lowest BCUT2D eigenvalue weighted by Gasteiger charge is -2.23. The predicted octanol–water partition coefficient (Wildman–Crippen LogP) is 1.78. The van der Waals surface area contributed by atoms with E-state index in [1.807, 2.05) is 6.92 Å². The van der Waals surface area contributed by atoms with Gasteiger partial charge < -0.3 is 5.32 Å². The third-order valence-corrected chi connectivity index (χ3v) is 6.11. The van der Waals surface area contributed by atoms with Crippen molar-refractivity contribution in [3.8, 4) is 0 Å². The Morgan fingerprint density at radius 2 is 2.05 bits per heavy atom. The highest BCUT2D eigenvalue weighted by atomic mass is 32.2. The van der Waals surface area contributed by atoms with Gasteiger partial charge in [0.2, 0.25) is 0 Å². The van der Waals surface area contributed by atoms with Gasteiger partial charge in [0.15, 0.2) is 5.03 Å². The van der Waals surface area contributed by atoms with E-state index in [0.717, 1.165) is 49.9 Å². The third-order valence-electron chi connectivity index (χ3n) is 4.23. The van der Waals surface area contributed by atoms with Crippen molar-refractivity contribution in [3.05, 3.63) is 11.3 Å². The van der Waals surface area contributed by atoms with E-state index in [9.17, 15) is 8.42 Å². The molecule has 1 aromatic rings. The first-order valence-corrected chi connectivity index (χ1v) is 9.15. The van der Waals surface area contributed by atoms with E-state index in [1.54, 1.807) is 7.05 Å². The van der Waals surface area contributed by atoms with E-state index in [1.165, 1.54) is 4.31 Å². The van der Waals surface area contributed by atoms with Gasteiger partial charge in [-0.25, -0.2) is 8.42 Å². The maximum Gasteiger partial charge on any atom is 0.262 e. The van der Waals surface area contributed by atoms with Crippen LogP contribution in [0.25, 0.3) is 0 Å². The quantitative estimate of drug-likeness (QED) is 0.752. The molecule has 0 bridgehead atoms. The smallest absolute Gasteiger partial charge is 0.262 e. The molecule has 120 valence electrons. The SMILES string of the molecule is CCCNCc1c(S(=O)(=O)N(C)C2CCCC2)n[nH]c1C. The van der Waals surface area contributed by atoms with Crippen LogP contribution in [0.3, 0.4) is 0 Å². The van der Waals surface area contributed by atoms with Gasteiger partial charge in [0.05, 0.1) is 0 Å². The number of hydrogen-bond acceptors (Lipinski definition) is 4. The number of nitrogens with zero attached hydrogens (tertiary/aromatic N) is 2. The van der Waals surface area contributed by atoms with Crippen molar-refractivity contribution < 1.29 is 8.42 Å². The minimum atomic E-state index is -3.52.